The zero-order chi connectivity index (χ0) is 13.7. The Hall–Kier alpha value is -3.09. The average Bonchev–Trinajstić information content (AvgIpc) is 2.18. The molecule has 0 saturated carbocycles. The number of nitrogens with zero attached hydrogens (tertiary/aromatic N) is 1. The lowest BCUT2D eigenvalue weighted by atomic mass is 10.6. The van der Waals surface area contributed by atoms with Gasteiger partial charge in [-0.15, -0.1) is 0 Å². The van der Waals surface area contributed by atoms with Crippen LogP contribution in [0.1, 0.15) is 0 Å². The molecule has 0 aromatic carbocycles. The Bertz CT molecular complexity index is 457. The van der Waals surface area contributed by atoms with Crippen LogP contribution in [-0.2, 0) is 9.59 Å². The van der Waals surface area contributed by atoms with Crippen molar-refractivity contribution in [2.24, 2.45) is 5.73 Å². The van der Waals surface area contributed by atoms with Gasteiger partial charge in [0.1, 0.15) is 0 Å². The number of hydrogen-bond donors (Lipinski definition) is 5. The number of aromatic amines is 1. The van der Waals surface area contributed by atoms with Crippen LogP contribution in [0, 0.1) is 10.8 Å². The Labute approximate surface area is 93.9 Å². The maximum Gasteiger partial charge on any atom is 0.318 e. The van der Waals surface area contributed by atoms with Crippen LogP contribution in [-0.4, -0.2) is 28.2 Å². The molecule has 2 amide bonds. The van der Waals surface area contributed by atoms with Crippen molar-refractivity contribution in [3.8, 4) is 0 Å². The van der Waals surface area contributed by atoms with Gasteiger partial charge < -0.3 is 5.73 Å². The SMILES string of the molecule is N=C=O.N=C=O.NC(=O)Nc1nccc(=O)[nH]1. The Morgan fingerprint density at radius 2 is 1.88 bits per heavy atom. The van der Waals surface area contributed by atoms with Crippen molar-refractivity contribution in [3.63, 3.8) is 0 Å². The normalized spacial score (nSPS) is 6.82. The Kier molecular flexibility index (Phi) is 10.6. The zero-order valence-corrected chi connectivity index (χ0v) is 8.31. The molecule has 90 valence electrons. The molecule has 1 rings (SSSR count). The van der Waals surface area contributed by atoms with Crippen molar-refractivity contribution < 1.29 is 14.4 Å². The Balaban J connectivity index is 0. The van der Waals surface area contributed by atoms with Crippen LogP contribution in [0.4, 0.5) is 10.7 Å². The molecule has 6 N–H and O–H groups in total. The molecule has 0 saturated heterocycles. The van der Waals surface area contributed by atoms with Gasteiger partial charge >= 0.3 is 6.03 Å². The number of nitrogens with one attached hydrogen (secondary N) is 4. The van der Waals surface area contributed by atoms with E-state index in [4.69, 9.17) is 26.1 Å². The van der Waals surface area contributed by atoms with Gasteiger partial charge in [-0.25, -0.2) is 30.2 Å². The van der Waals surface area contributed by atoms with Crippen LogP contribution in [0.15, 0.2) is 17.1 Å². The van der Waals surface area contributed by atoms with Gasteiger partial charge in [0.25, 0.3) is 5.56 Å². The summed E-state index contributed by atoms with van der Waals surface area (Å²) < 4.78 is 0. The van der Waals surface area contributed by atoms with Crippen LogP contribution < -0.4 is 16.6 Å². The number of carbonyl (C=O) groups excluding carboxylic acids is 3. The highest BCUT2D eigenvalue weighted by molar-refractivity contribution is 5.85. The minimum atomic E-state index is -0.764. The fourth-order valence-corrected chi connectivity index (χ4v) is 0.550. The number of carbonyl (C=O) groups is 1. The highest BCUT2D eigenvalue weighted by atomic mass is 16.2. The van der Waals surface area contributed by atoms with E-state index in [0.717, 1.165) is 12.2 Å². The molecule has 0 spiro atoms. The van der Waals surface area contributed by atoms with Gasteiger partial charge in [-0.05, 0) is 0 Å². The fraction of sp³-hybridized carbons (Fsp3) is 0. The Morgan fingerprint density at radius 3 is 2.24 bits per heavy atom. The van der Waals surface area contributed by atoms with Crippen molar-refractivity contribution in [2.45, 2.75) is 0 Å². The van der Waals surface area contributed by atoms with Gasteiger partial charge in [-0.1, -0.05) is 0 Å². The molecule has 1 aromatic rings. The van der Waals surface area contributed by atoms with E-state index in [1.54, 1.807) is 0 Å². The molecule has 0 bridgehead atoms. The second-order valence-electron chi connectivity index (χ2n) is 1.98. The minimum absolute atomic E-state index is 0.0463. The minimum Gasteiger partial charge on any atom is -0.351 e. The van der Waals surface area contributed by atoms with Gasteiger partial charge in [0.15, 0.2) is 0 Å². The van der Waals surface area contributed by atoms with Crippen LogP contribution >= 0.6 is 0 Å². The largest absolute Gasteiger partial charge is 0.351 e. The van der Waals surface area contributed by atoms with E-state index >= 15 is 0 Å². The summed E-state index contributed by atoms with van der Waals surface area (Å²) in [5, 5.41) is 12.9. The van der Waals surface area contributed by atoms with E-state index in [1.807, 2.05) is 0 Å². The lowest BCUT2D eigenvalue weighted by molar-refractivity contribution is 0.259. The van der Waals surface area contributed by atoms with Gasteiger partial charge in [-0.2, -0.15) is 0 Å². The fourth-order valence-electron chi connectivity index (χ4n) is 0.550. The summed E-state index contributed by atoms with van der Waals surface area (Å²) in [6.07, 6.45) is 2.77. The molecule has 10 nitrogen and oxygen atoms in total. The van der Waals surface area contributed by atoms with Crippen molar-refractivity contribution >= 4 is 24.1 Å². The second kappa shape index (κ2) is 11.0. The van der Waals surface area contributed by atoms with Crippen molar-refractivity contribution in [1.29, 1.82) is 10.8 Å². The summed E-state index contributed by atoms with van der Waals surface area (Å²) >= 11 is 0. The molecule has 0 aliphatic rings. The number of amides is 2. The molecule has 0 radical (unpaired) electrons. The molecule has 0 aliphatic carbocycles. The number of aromatic nitrogens is 2. The molecule has 10 heteroatoms. The molecule has 0 unspecified atom stereocenters. The first-order chi connectivity index (χ1) is 8.01. The third kappa shape index (κ3) is 12.9. The number of nitrogens with two attached hydrogens (primary N) is 1. The van der Waals surface area contributed by atoms with Gasteiger partial charge in [-0.3, -0.25) is 15.1 Å². The van der Waals surface area contributed by atoms with Gasteiger partial charge in [0.2, 0.25) is 18.1 Å². The first-order valence-electron chi connectivity index (χ1n) is 3.71. The van der Waals surface area contributed by atoms with E-state index in [9.17, 15) is 9.59 Å². The highest BCUT2D eigenvalue weighted by Gasteiger charge is 1.95. The lowest BCUT2D eigenvalue weighted by Crippen LogP contribution is -2.22. The van der Waals surface area contributed by atoms with E-state index < -0.39 is 6.03 Å². The number of urea groups is 1. The third-order valence-electron chi connectivity index (χ3n) is 0.913. The summed E-state index contributed by atoms with van der Waals surface area (Å²) in [6.45, 7) is 0. The number of H-pyrrole nitrogens is 1. The maximum absolute atomic E-state index is 10.6. The number of hydrogen-bond acceptors (Lipinski definition) is 7. The van der Waals surface area contributed by atoms with Gasteiger partial charge in [0, 0.05) is 12.3 Å². The molecule has 1 heterocycles. The van der Waals surface area contributed by atoms with Crippen LogP contribution in [0.2, 0.25) is 0 Å². The molecular weight excluding hydrogens is 232 g/mol. The average molecular weight is 240 g/mol. The summed E-state index contributed by atoms with van der Waals surface area (Å²) in [5.74, 6) is 0.0463. The second-order valence-corrected chi connectivity index (χ2v) is 1.98. The highest BCUT2D eigenvalue weighted by Crippen LogP contribution is 1.87. The van der Waals surface area contributed by atoms with E-state index in [1.165, 1.54) is 12.3 Å². The predicted octanol–water partition coefficient (Wildman–Crippen LogP) is -0.938. The molecular formula is C7H8N6O4. The summed E-state index contributed by atoms with van der Waals surface area (Å²) in [5.41, 5.74) is 4.42. The van der Waals surface area contributed by atoms with Crippen LogP contribution in [0.25, 0.3) is 0 Å². The summed E-state index contributed by atoms with van der Waals surface area (Å²) in [7, 11) is 0. The lowest BCUT2D eigenvalue weighted by Gasteiger charge is -1.96. The topological polar surface area (TPSA) is 183 Å². The first-order valence-corrected chi connectivity index (χ1v) is 3.71. The molecule has 17 heavy (non-hydrogen) atoms. The molecule has 0 aliphatic heterocycles. The molecule has 0 atom stereocenters. The Morgan fingerprint density at radius 1 is 1.41 bits per heavy atom. The zero-order valence-electron chi connectivity index (χ0n) is 8.31. The monoisotopic (exact) mass is 240 g/mol. The van der Waals surface area contributed by atoms with Crippen molar-refractivity contribution in [1.82, 2.24) is 9.97 Å². The van der Waals surface area contributed by atoms with Gasteiger partial charge in [0.05, 0.1) is 0 Å². The number of isocyanates is 2. The van der Waals surface area contributed by atoms with Crippen molar-refractivity contribution in [2.75, 3.05) is 5.32 Å². The maximum atomic E-state index is 10.6. The number of anilines is 1. The number of rotatable bonds is 1. The number of primary amides is 1. The predicted molar refractivity (Wildman–Crippen MR) is 54.9 cm³/mol. The summed E-state index contributed by atoms with van der Waals surface area (Å²) in [4.78, 5) is 43.4. The van der Waals surface area contributed by atoms with E-state index in [-0.39, 0.29) is 11.5 Å². The first kappa shape index (κ1) is 16.3. The van der Waals surface area contributed by atoms with Crippen LogP contribution in [0.3, 0.4) is 0 Å². The smallest absolute Gasteiger partial charge is 0.318 e. The molecule has 1 aromatic heterocycles. The van der Waals surface area contributed by atoms with E-state index in [2.05, 4.69) is 15.3 Å². The summed E-state index contributed by atoms with van der Waals surface area (Å²) in [6, 6.07) is 0.464. The third-order valence-corrected chi connectivity index (χ3v) is 0.913. The van der Waals surface area contributed by atoms with Crippen molar-refractivity contribution in [3.05, 3.63) is 22.6 Å². The van der Waals surface area contributed by atoms with Crippen LogP contribution in [0.5, 0.6) is 0 Å². The standard InChI is InChI=1S/C5H6N4O2.2CHNO/c6-4(11)9-5-7-2-1-3(10)8-5;2*2-1-3/h1-2H,(H4,6,7,8,9,10,11);2*2H. The quantitative estimate of drug-likeness (QED) is 0.313. The molecule has 0 fully saturated rings. The van der Waals surface area contributed by atoms with E-state index in [0.29, 0.717) is 0 Å².